The number of piperidine rings is 1. The number of carbonyl (C=O) groups excluding carboxylic acids is 2. The van der Waals surface area contributed by atoms with Crippen molar-refractivity contribution < 1.29 is 26.8 Å². The first-order chi connectivity index (χ1) is 18.0. The number of rotatable bonds is 9. The van der Waals surface area contributed by atoms with E-state index in [1.807, 2.05) is 25.1 Å². The SMILES string of the molecule is CC(=O)Cc1ccc(CCS(=O)(=O)N2CCC3(CC2)N=C(C2CCC(CC=C(F)F)CC2)NC3=O)c(C)c1. The standard InChI is InChI=1S/C28H37F2N3O4S/c1-19-17-22(18-20(2)34)5-7-23(19)11-16-38(36,37)33-14-12-28(13-15-33)27(35)31-26(32-28)24-8-3-21(4-9-24)6-10-25(29)30/h5,7,10,17,21,24H,3-4,6,8-9,11-16,18H2,1-2H3,(H,31,32,35). The second-order valence-corrected chi connectivity index (χ2v) is 13.1. The first-order valence-corrected chi connectivity index (χ1v) is 15.1. The lowest BCUT2D eigenvalue weighted by atomic mass is 9.80. The van der Waals surface area contributed by atoms with E-state index in [-0.39, 0.29) is 42.4 Å². The van der Waals surface area contributed by atoms with E-state index >= 15 is 0 Å². The summed E-state index contributed by atoms with van der Waals surface area (Å²) in [6.07, 6.45) is 4.42. The molecular weight excluding hydrogens is 512 g/mol. The summed E-state index contributed by atoms with van der Waals surface area (Å²) in [5.41, 5.74) is 1.93. The van der Waals surface area contributed by atoms with E-state index < -0.39 is 21.6 Å². The Bertz CT molecular complexity index is 1220. The van der Waals surface area contributed by atoms with E-state index in [1.54, 1.807) is 6.92 Å². The summed E-state index contributed by atoms with van der Waals surface area (Å²) in [6, 6.07) is 5.72. The van der Waals surface area contributed by atoms with Gasteiger partial charge < -0.3 is 5.32 Å². The van der Waals surface area contributed by atoms with E-state index in [9.17, 15) is 26.8 Å². The monoisotopic (exact) mass is 549 g/mol. The third-order valence-electron chi connectivity index (χ3n) is 8.27. The molecule has 2 heterocycles. The third-order valence-corrected chi connectivity index (χ3v) is 10.1. The zero-order valence-corrected chi connectivity index (χ0v) is 23.0. The van der Waals surface area contributed by atoms with Crippen LogP contribution in [0.3, 0.4) is 0 Å². The molecule has 1 aliphatic carbocycles. The fraction of sp³-hybridized carbons (Fsp3) is 0.607. The number of nitrogens with zero attached hydrogens (tertiary/aromatic N) is 2. The van der Waals surface area contributed by atoms with Gasteiger partial charge in [-0.1, -0.05) is 18.2 Å². The Morgan fingerprint density at radius 1 is 1.18 bits per heavy atom. The van der Waals surface area contributed by atoms with Crippen LogP contribution in [-0.4, -0.2) is 54.6 Å². The molecule has 0 aromatic heterocycles. The molecule has 0 bridgehead atoms. The summed E-state index contributed by atoms with van der Waals surface area (Å²) in [7, 11) is -3.50. The molecule has 0 radical (unpaired) electrons. The van der Waals surface area contributed by atoms with Crippen LogP contribution in [0.2, 0.25) is 0 Å². The molecule has 1 aromatic carbocycles. The lowest BCUT2D eigenvalue weighted by Gasteiger charge is -2.34. The fourth-order valence-electron chi connectivity index (χ4n) is 5.94. The number of ketones is 1. The van der Waals surface area contributed by atoms with Crippen LogP contribution in [0.25, 0.3) is 0 Å². The molecule has 208 valence electrons. The highest BCUT2D eigenvalue weighted by Crippen LogP contribution is 2.37. The van der Waals surface area contributed by atoms with Crippen molar-refractivity contribution in [2.45, 2.75) is 77.2 Å². The van der Waals surface area contributed by atoms with Gasteiger partial charge >= 0.3 is 0 Å². The van der Waals surface area contributed by atoms with Gasteiger partial charge in [0, 0.05) is 25.4 Å². The molecule has 1 amide bonds. The summed E-state index contributed by atoms with van der Waals surface area (Å²) in [6.45, 7) is 3.97. The second-order valence-electron chi connectivity index (χ2n) is 11.0. The number of benzene rings is 1. The van der Waals surface area contributed by atoms with E-state index in [0.29, 0.717) is 37.9 Å². The normalized spacial score (nSPS) is 23.7. The van der Waals surface area contributed by atoms with E-state index in [0.717, 1.165) is 48.4 Å². The molecule has 4 rings (SSSR count). The van der Waals surface area contributed by atoms with Crippen LogP contribution in [0.15, 0.2) is 35.3 Å². The Morgan fingerprint density at radius 2 is 1.87 bits per heavy atom. The molecular formula is C28H37F2N3O4S. The molecule has 3 aliphatic rings. The molecule has 1 saturated carbocycles. The maximum absolute atomic E-state index is 13.1. The smallest absolute Gasteiger partial charge is 0.266 e. The number of aryl methyl sites for hydroxylation is 2. The Morgan fingerprint density at radius 3 is 2.47 bits per heavy atom. The van der Waals surface area contributed by atoms with E-state index in [1.165, 1.54) is 4.31 Å². The van der Waals surface area contributed by atoms with Crippen molar-refractivity contribution in [2.24, 2.45) is 16.8 Å². The van der Waals surface area contributed by atoms with Gasteiger partial charge in [-0.25, -0.2) is 12.7 Å². The molecule has 10 heteroatoms. The van der Waals surface area contributed by atoms with Crippen molar-refractivity contribution in [1.29, 1.82) is 0 Å². The quantitative estimate of drug-likeness (QED) is 0.496. The summed E-state index contributed by atoms with van der Waals surface area (Å²) in [4.78, 5) is 29.1. The minimum atomic E-state index is -3.50. The van der Waals surface area contributed by atoms with E-state index in [2.05, 4.69) is 5.32 Å². The van der Waals surface area contributed by atoms with Gasteiger partial charge in [0.15, 0.2) is 0 Å². The maximum atomic E-state index is 13.1. The van der Waals surface area contributed by atoms with Crippen LogP contribution >= 0.6 is 0 Å². The first kappa shape index (κ1) is 28.5. The number of carbonyl (C=O) groups is 2. The predicted molar refractivity (Wildman–Crippen MR) is 143 cm³/mol. The van der Waals surface area contributed by atoms with Gasteiger partial charge in [0.1, 0.15) is 17.2 Å². The van der Waals surface area contributed by atoms with Gasteiger partial charge in [-0.2, -0.15) is 8.78 Å². The molecule has 38 heavy (non-hydrogen) atoms. The largest absolute Gasteiger partial charge is 0.312 e. The molecule has 0 unspecified atom stereocenters. The third kappa shape index (κ3) is 6.75. The van der Waals surface area contributed by atoms with Crippen LogP contribution < -0.4 is 5.32 Å². The second kappa shape index (κ2) is 11.7. The summed E-state index contributed by atoms with van der Waals surface area (Å²) in [5, 5.41) is 2.96. The van der Waals surface area contributed by atoms with Crippen LogP contribution in [0.1, 0.15) is 68.6 Å². The molecule has 2 aliphatic heterocycles. The fourth-order valence-corrected chi connectivity index (χ4v) is 7.41. The number of amides is 1. The molecule has 2 fully saturated rings. The van der Waals surface area contributed by atoms with Crippen molar-refractivity contribution in [3.63, 3.8) is 0 Å². The van der Waals surface area contributed by atoms with Crippen LogP contribution in [0.5, 0.6) is 0 Å². The number of hydrogen-bond acceptors (Lipinski definition) is 5. The van der Waals surface area contributed by atoms with E-state index in [4.69, 9.17) is 4.99 Å². The number of hydrogen-bond donors (Lipinski definition) is 1. The molecule has 1 aromatic rings. The Kier molecular flexibility index (Phi) is 8.82. The first-order valence-electron chi connectivity index (χ1n) is 13.5. The van der Waals surface area contributed by atoms with Crippen LogP contribution in [0.4, 0.5) is 8.78 Å². The van der Waals surface area contributed by atoms with Crippen molar-refractivity contribution in [1.82, 2.24) is 9.62 Å². The van der Waals surface area contributed by atoms with Crippen molar-refractivity contribution >= 4 is 27.5 Å². The number of amidine groups is 1. The number of allylic oxidation sites excluding steroid dienone is 1. The highest BCUT2D eigenvalue weighted by Gasteiger charge is 2.48. The van der Waals surface area contributed by atoms with Gasteiger partial charge in [-0.05, 0) is 93.9 Å². The average molecular weight is 550 g/mol. The summed E-state index contributed by atoms with van der Waals surface area (Å²) < 4.78 is 52.4. The van der Waals surface area contributed by atoms with Gasteiger partial charge in [0.2, 0.25) is 10.0 Å². The molecule has 7 nitrogen and oxygen atoms in total. The van der Waals surface area contributed by atoms with Gasteiger partial charge in [-0.15, -0.1) is 0 Å². The Labute approximate surface area is 223 Å². The number of nitrogens with one attached hydrogen (secondary N) is 1. The average Bonchev–Trinajstić information content (AvgIpc) is 3.17. The number of halogens is 2. The summed E-state index contributed by atoms with van der Waals surface area (Å²) in [5.74, 6) is 0.938. The van der Waals surface area contributed by atoms with Gasteiger partial charge in [0.05, 0.1) is 5.75 Å². The topological polar surface area (TPSA) is 95.9 Å². The Hall–Kier alpha value is -2.46. The molecule has 0 atom stereocenters. The highest BCUT2D eigenvalue weighted by atomic mass is 32.2. The van der Waals surface area contributed by atoms with Gasteiger partial charge in [0.25, 0.3) is 12.0 Å². The number of sulfonamides is 1. The molecule has 1 N–H and O–H groups in total. The highest BCUT2D eigenvalue weighted by molar-refractivity contribution is 7.89. The predicted octanol–water partition coefficient (Wildman–Crippen LogP) is 4.34. The number of Topliss-reactive ketones (excluding diaryl/α,β-unsaturated/α-hetero) is 1. The van der Waals surface area contributed by atoms with Crippen molar-refractivity contribution in [2.75, 3.05) is 18.8 Å². The zero-order chi connectivity index (χ0) is 27.5. The minimum absolute atomic E-state index is 0.0155. The minimum Gasteiger partial charge on any atom is -0.312 e. The van der Waals surface area contributed by atoms with Crippen molar-refractivity contribution in [3.05, 3.63) is 47.0 Å². The summed E-state index contributed by atoms with van der Waals surface area (Å²) >= 11 is 0. The molecule has 1 spiro atoms. The van der Waals surface area contributed by atoms with Crippen molar-refractivity contribution in [3.8, 4) is 0 Å². The Balaban J connectivity index is 1.31. The maximum Gasteiger partial charge on any atom is 0.266 e. The number of aliphatic imine (C=N–C) groups is 1. The lowest BCUT2D eigenvalue weighted by Crippen LogP contribution is -2.51. The van der Waals surface area contributed by atoms with Gasteiger partial charge in [-0.3, -0.25) is 14.6 Å². The molecule has 1 saturated heterocycles. The van der Waals surface area contributed by atoms with Crippen LogP contribution in [-0.2, 0) is 32.5 Å². The zero-order valence-electron chi connectivity index (χ0n) is 22.1. The lowest BCUT2D eigenvalue weighted by molar-refractivity contribution is -0.125. The van der Waals surface area contributed by atoms with Crippen LogP contribution in [0, 0.1) is 18.8 Å².